The van der Waals surface area contributed by atoms with Crippen LogP contribution in [0.5, 0.6) is 0 Å². The van der Waals surface area contributed by atoms with Crippen molar-refractivity contribution in [3.05, 3.63) is 71.2 Å². The van der Waals surface area contributed by atoms with Gasteiger partial charge in [0.25, 0.3) is 5.91 Å². The summed E-state index contributed by atoms with van der Waals surface area (Å²) < 4.78 is 0. The predicted molar refractivity (Wildman–Crippen MR) is 108 cm³/mol. The normalized spacial score (nSPS) is 13.6. The lowest BCUT2D eigenvalue weighted by atomic mass is 10.1. The average Bonchev–Trinajstić information content (AvgIpc) is 3.23. The Morgan fingerprint density at radius 3 is 2.52 bits per heavy atom. The fraction of sp³-hybridized carbons (Fsp3) is 0.190. The summed E-state index contributed by atoms with van der Waals surface area (Å²) >= 11 is 5.97. The van der Waals surface area contributed by atoms with E-state index in [0.29, 0.717) is 16.3 Å². The van der Waals surface area contributed by atoms with Crippen LogP contribution in [0.1, 0.15) is 23.2 Å². The van der Waals surface area contributed by atoms with Crippen LogP contribution in [0.15, 0.2) is 60.7 Å². The summed E-state index contributed by atoms with van der Waals surface area (Å²) in [4.78, 5) is 14.8. The first kappa shape index (κ1) is 17.5. The van der Waals surface area contributed by atoms with Gasteiger partial charge in [-0.3, -0.25) is 4.79 Å². The van der Waals surface area contributed by atoms with Crippen molar-refractivity contribution in [1.29, 1.82) is 0 Å². The van der Waals surface area contributed by atoms with Crippen LogP contribution in [0.25, 0.3) is 11.3 Å². The van der Waals surface area contributed by atoms with Gasteiger partial charge in [0.15, 0.2) is 5.82 Å². The number of rotatable bonds is 4. The van der Waals surface area contributed by atoms with E-state index in [2.05, 4.69) is 20.4 Å². The Hall–Kier alpha value is -2.92. The van der Waals surface area contributed by atoms with E-state index in [0.717, 1.165) is 30.2 Å². The molecular formula is C21H19ClN4O. The second-order valence-electron chi connectivity index (χ2n) is 6.52. The Kier molecular flexibility index (Phi) is 5.03. The third-order valence-electron chi connectivity index (χ3n) is 4.58. The van der Waals surface area contributed by atoms with Gasteiger partial charge in [-0.25, -0.2) is 0 Å². The highest BCUT2D eigenvalue weighted by molar-refractivity contribution is 6.31. The van der Waals surface area contributed by atoms with Gasteiger partial charge < -0.3 is 10.2 Å². The van der Waals surface area contributed by atoms with Crippen LogP contribution >= 0.6 is 11.6 Å². The first-order valence-corrected chi connectivity index (χ1v) is 9.33. The number of carbonyl (C=O) groups excluding carboxylic acids is 1. The van der Waals surface area contributed by atoms with E-state index in [1.165, 1.54) is 12.8 Å². The molecule has 0 saturated carbocycles. The molecule has 1 amide bonds. The topological polar surface area (TPSA) is 58.1 Å². The summed E-state index contributed by atoms with van der Waals surface area (Å²) in [7, 11) is 0. The number of hydrogen-bond donors (Lipinski definition) is 1. The van der Waals surface area contributed by atoms with Crippen molar-refractivity contribution < 1.29 is 4.79 Å². The molecule has 1 aromatic heterocycles. The Morgan fingerprint density at radius 2 is 1.78 bits per heavy atom. The fourth-order valence-electron chi connectivity index (χ4n) is 3.18. The van der Waals surface area contributed by atoms with Gasteiger partial charge >= 0.3 is 0 Å². The number of hydrogen-bond acceptors (Lipinski definition) is 4. The van der Waals surface area contributed by atoms with Gasteiger partial charge in [-0.2, -0.15) is 0 Å². The molecule has 1 aliphatic heterocycles. The number of nitrogens with zero attached hydrogens (tertiary/aromatic N) is 3. The molecule has 0 atom stereocenters. The number of benzene rings is 2. The van der Waals surface area contributed by atoms with Crippen molar-refractivity contribution in [2.75, 3.05) is 23.3 Å². The SMILES string of the molecule is O=C(Nc1cccc(Cl)c1)c1cccc(-c2ccc(N3CCCC3)nn2)c1. The summed E-state index contributed by atoms with van der Waals surface area (Å²) in [6.45, 7) is 2.07. The zero-order chi connectivity index (χ0) is 18.6. The van der Waals surface area contributed by atoms with Gasteiger partial charge in [0.05, 0.1) is 5.69 Å². The van der Waals surface area contributed by atoms with E-state index in [1.807, 2.05) is 30.3 Å². The Balaban J connectivity index is 1.52. The number of halogens is 1. The molecule has 0 spiro atoms. The minimum absolute atomic E-state index is 0.194. The van der Waals surface area contributed by atoms with E-state index in [-0.39, 0.29) is 5.91 Å². The lowest BCUT2D eigenvalue weighted by Crippen LogP contribution is -2.19. The van der Waals surface area contributed by atoms with Crippen LogP contribution in [0.3, 0.4) is 0 Å². The Bertz CT molecular complexity index is 952. The van der Waals surface area contributed by atoms with Gasteiger partial charge in [0.2, 0.25) is 0 Å². The maximum atomic E-state index is 12.5. The van der Waals surface area contributed by atoms with Gasteiger partial charge in [0.1, 0.15) is 0 Å². The molecule has 1 aliphatic rings. The van der Waals surface area contributed by atoms with Crippen LogP contribution < -0.4 is 10.2 Å². The van der Waals surface area contributed by atoms with Crippen molar-refractivity contribution in [1.82, 2.24) is 10.2 Å². The highest BCUT2D eigenvalue weighted by atomic mass is 35.5. The largest absolute Gasteiger partial charge is 0.355 e. The summed E-state index contributed by atoms with van der Waals surface area (Å²) in [6, 6.07) is 18.4. The van der Waals surface area contributed by atoms with Gasteiger partial charge in [-0.15, -0.1) is 10.2 Å². The van der Waals surface area contributed by atoms with Crippen LogP contribution in [0, 0.1) is 0 Å². The quantitative estimate of drug-likeness (QED) is 0.718. The number of carbonyl (C=O) groups is 1. The molecule has 2 aromatic carbocycles. The molecule has 0 radical (unpaired) electrons. The van der Waals surface area contributed by atoms with Gasteiger partial charge in [-0.1, -0.05) is 29.8 Å². The zero-order valence-corrected chi connectivity index (χ0v) is 15.5. The standard InChI is InChI=1S/C21H19ClN4O/c22-17-7-4-8-18(14-17)23-21(27)16-6-3-5-15(13-16)19-9-10-20(25-24-19)26-11-1-2-12-26/h3-10,13-14H,1-2,11-12H2,(H,23,27). The Labute approximate surface area is 163 Å². The predicted octanol–water partition coefficient (Wildman–Crippen LogP) is 4.65. The van der Waals surface area contributed by atoms with Gasteiger partial charge in [0, 0.05) is 34.9 Å². The van der Waals surface area contributed by atoms with Crippen LogP contribution in [0.4, 0.5) is 11.5 Å². The van der Waals surface area contributed by atoms with Crippen molar-refractivity contribution in [2.24, 2.45) is 0 Å². The molecule has 5 nitrogen and oxygen atoms in total. The molecule has 27 heavy (non-hydrogen) atoms. The average molecular weight is 379 g/mol. The lowest BCUT2D eigenvalue weighted by molar-refractivity contribution is 0.102. The summed E-state index contributed by atoms with van der Waals surface area (Å²) in [5, 5.41) is 12.1. The monoisotopic (exact) mass is 378 g/mol. The summed E-state index contributed by atoms with van der Waals surface area (Å²) in [5.74, 6) is 0.715. The van der Waals surface area contributed by atoms with E-state index in [4.69, 9.17) is 11.6 Å². The maximum Gasteiger partial charge on any atom is 0.255 e. The third-order valence-corrected chi connectivity index (χ3v) is 4.82. The number of anilines is 2. The Morgan fingerprint density at radius 1 is 0.963 bits per heavy atom. The summed E-state index contributed by atoms with van der Waals surface area (Å²) in [6.07, 6.45) is 2.40. The smallest absolute Gasteiger partial charge is 0.255 e. The van der Waals surface area contributed by atoms with Crippen molar-refractivity contribution in [3.63, 3.8) is 0 Å². The molecule has 1 N–H and O–H groups in total. The van der Waals surface area contributed by atoms with Crippen LogP contribution in [-0.4, -0.2) is 29.2 Å². The molecule has 6 heteroatoms. The van der Waals surface area contributed by atoms with E-state index < -0.39 is 0 Å². The molecule has 1 saturated heterocycles. The molecule has 4 rings (SSSR count). The second kappa shape index (κ2) is 7.76. The molecular weight excluding hydrogens is 360 g/mol. The molecule has 1 fully saturated rings. The molecule has 0 bridgehead atoms. The molecule has 2 heterocycles. The van der Waals surface area contributed by atoms with Gasteiger partial charge in [-0.05, 0) is 55.3 Å². The van der Waals surface area contributed by atoms with Crippen molar-refractivity contribution >= 4 is 29.0 Å². The number of amides is 1. The fourth-order valence-corrected chi connectivity index (χ4v) is 3.37. The van der Waals surface area contributed by atoms with E-state index >= 15 is 0 Å². The second-order valence-corrected chi connectivity index (χ2v) is 6.95. The first-order chi connectivity index (χ1) is 13.2. The van der Waals surface area contributed by atoms with E-state index in [1.54, 1.807) is 30.3 Å². The lowest BCUT2D eigenvalue weighted by Gasteiger charge is -2.15. The molecule has 0 aliphatic carbocycles. The zero-order valence-electron chi connectivity index (χ0n) is 14.7. The van der Waals surface area contributed by atoms with Crippen LogP contribution in [-0.2, 0) is 0 Å². The number of nitrogens with one attached hydrogen (secondary N) is 1. The van der Waals surface area contributed by atoms with E-state index in [9.17, 15) is 4.79 Å². The van der Waals surface area contributed by atoms with Crippen LogP contribution in [0.2, 0.25) is 5.02 Å². The highest BCUT2D eigenvalue weighted by Crippen LogP contribution is 2.22. The molecule has 0 unspecified atom stereocenters. The minimum Gasteiger partial charge on any atom is -0.355 e. The maximum absolute atomic E-state index is 12.5. The minimum atomic E-state index is -0.194. The molecule has 136 valence electrons. The third kappa shape index (κ3) is 4.09. The highest BCUT2D eigenvalue weighted by Gasteiger charge is 2.14. The molecule has 3 aromatic rings. The number of aromatic nitrogens is 2. The van der Waals surface area contributed by atoms with Crippen molar-refractivity contribution in [3.8, 4) is 11.3 Å². The summed E-state index contributed by atoms with van der Waals surface area (Å²) in [5.41, 5.74) is 2.81. The first-order valence-electron chi connectivity index (χ1n) is 8.95. The van der Waals surface area contributed by atoms with Crippen molar-refractivity contribution in [2.45, 2.75) is 12.8 Å².